The Morgan fingerprint density at radius 1 is 0.778 bits per heavy atom. The van der Waals surface area contributed by atoms with Gasteiger partial charge in [0.05, 0.1) is 7.11 Å². The summed E-state index contributed by atoms with van der Waals surface area (Å²) >= 11 is 0. The Balaban J connectivity index is 1.72. The van der Waals surface area contributed by atoms with Crippen molar-refractivity contribution in [2.24, 2.45) is 0 Å². The molecule has 0 fully saturated rings. The van der Waals surface area contributed by atoms with Gasteiger partial charge in [-0.2, -0.15) is 0 Å². The molecule has 0 saturated heterocycles. The summed E-state index contributed by atoms with van der Waals surface area (Å²) in [6, 6.07) is 17.8. The van der Waals surface area contributed by atoms with E-state index in [2.05, 4.69) is 6.07 Å². The maximum absolute atomic E-state index is 5.54. The van der Waals surface area contributed by atoms with E-state index in [-0.39, 0.29) is 0 Å². The Morgan fingerprint density at radius 2 is 1.28 bits per heavy atom. The van der Waals surface area contributed by atoms with Gasteiger partial charge in [0.25, 0.3) is 0 Å². The van der Waals surface area contributed by atoms with Crippen LogP contribution in [-0.2, 0) is 0 Å². The molecule has 0 amide bonds. The molecule has 2 aromatic carbocycles. The number of hydrogen-bond acceptors (Lipinski definition) is 3. The minimum Gasteiger partial charge on any atom is -0.497 e. The first-order valence-electron chi connectivity index (χ1n) is 5.74. The van der Waals surface area contributed by atoms with E-state index in [0.717, 1.165) is 17.2 Å². The maximum Gasteiger partial charge on any atom is 0.122 e. The molecule has 0 aromatic heterocycles. The van der Waals surface area contributed by atoms with Crippen molar-refractivity contribution in [3.63, 3.8) is 0 Å². The van der Waals surface area contributed by atoms with E-state index >= 15 is 0 Å². The second-order valence-electron chi connectivity index (χ2n) is 3.61. The summed E-state index contributed by atoms with van der Waals surface area (Å²) in [4.78, 5) is 0. The Hall–Kier alpha value is -2.16. The largest absolute Gasteiger partial charge is 0.497 e. The van der Waals surface area contributed by atoms with E-state index < -0.39 is 0 Å². The highest BCUT2D eigenvalue weighted by atomic mass is 16.5. The van der Waals surface area contributed by atoms with Crippen LogP contribution in [0.2, 0.25) is 0 Å². The lowest BCUT2D eigenvalue weighted by Crippen LogP contribution is -2.08. The summed E-state index contributed by atoms with van der Waals surface area (Å²) in [5.74, 6) is 2.45. The third kappa shape index (κ3) is 3.70. The fourth-order valence-electron chi connectivity index (χ4n) is 1.46. The van der Waals surface area contributed by atoms with Crippen LogP contribution in [0.5, 0.6) is 17.2 Å². The fourth-order valence-corrected chi connectivity index (χ4v) is 1.46. The first-order valence-corrected chi connectivity index (χ1v) is 5.74. The van der Waals surface area contributed by atoms with Crippen LogP contribution in [0, 0.1) is 6.07 Å². The van der Waals surface area contributed by atoms with E-state index in [1.54, 1.807) is 7.11 Å². The van der Waals surface area contributed by atoms with Crippen LogP contribution >= 0.6 is 0 Å². The van der Waals surface area contributed by atoms with Gasteiger partial charge in [0.1, 0.15) is 30.5 Å². The second-order valence-corrected chi connectivity index (χ2v) is 3.61. The van der Waals surface area contributed by atoms with Gasteiger partial charge in [-0.3, -0.25) is 0 Å². The maximum atomic E-state index is 5.54. The van der Waals surface area contributed by atoms with Crippen molar-refractivity contribution >= 4 is 0 Å². The predicted octanol–water partition coefficient (Wildman–Crippen LogP) is 2.95. The summed E-state index contributed by atoms with van der Waals surface area (Å²) in [5.41, 5.74) is 0. The average Bonchev–Trinajstić information content (AvgIpc) is 2.45. The van der Waals surface area contributed by atoms with Crippen molar-refractivity contribution in [3.05, 3.63) is 54.6 Å². The smallest absolute Gasteiger partial charge is 0.122 e. The van der Waals surface area contributed by atoms with Crippen molar-refractivity contribution in [2.45, 2.75) is 0 Å². The normalized spacial score (nSPS) is 9.83. The van der Waals surface area contributed by atoms with Crippen molar-refractivity contribution < 1.29 is 14.2 Å². The van der Waals surface area contributed by atoms with E-state index in [1.165, 1.54) is 0 Å². The average molecular weight is 243 g/mol. The minimum atomic E-state index is 0.505. The van der Waals surface area contributed by atoms with Crippen LogP contribution in [0.4, 0.5) is 0 Å². The van der Waals surface area contributed by atoms with Gasteiger partial charge in [-0.15, -0.1) is 0 Å². The van der Waals surface area contributed by atoms with Crippen LogP contribution in [0.3, 0.4) is 0 Å². The molecule has 1 radical (unpaired) electrons. The molecule has 0 unspecified atom stereocenters. The number of rotatable bonds is 6. The van der Waals surface area contributed by atoms with Crippen LogP contribution in [0.15, 0.2) is 48.5 Å². The first-order chi connectivity index (χ1) is 8.88. The quantitative estimate of drug-likeness (QED) is 0.730. The summed E-state index contributed by atoms with van der Waals surface area (Å²) in [5, 5.41) is 0. The van der Waals surface area contributed by atoms with Crippen molar-refractivity contribution in [3.8, 4) is 17.2 Å². The highest BCUT2D eigenvalue weighted by Crippen LogP contribution is 2.16. The lowest BCUT2D eigenvalue weighted by molar-refractivity contribution is 0.217. The lowest BCUT2D eigenvalue weighted by atomic mass is 10.3. The molecule has 0 N–H and O–H groups in total. The molecule has 0 aliphatic rings. The molecule has 93 valence electrons. The van der Waals surface area contributed by atoms with E-state index in [9.17, 15) is 0 Å². The standard InChI is InChI=1S/C15H15O3/c1-16-13-7-9-15(10-8-13)18-12-11-17-14-5-3-2-4-6-14/h3-10H,11-12H2,1H3. The second kappa shape index (κ2) is 6.55. The molecular formula is C15H15O3. The Kier molecular flexibility index (Phi) is 4.47. The number of benzene rings is 2. The van der Waals surface area contributed by atoms with Crippen LogP contribution in [-0.4, -0.2) is 20.3 Å². The number of methoxy groups -OCH3 is 1. The molecule has 3 nitrogen and oxygen atoms in total. The molecule has 2 aromatic rings. The summed E-state index contributed by atoms with van der Waals surface area (Å²) < 4.78 is 16.1. The number of hydrogen-bond donors (Lipinski definition) is 0. The van der Waals surface area contributed by atoms with Gasteiger partial charge < -0.3 is 14.2 Å². The molecule has 0 aliphatic carbocycles. The molecule has 0 atom stereocenters. The summed E-state index contributed by atoms with van der Waals surface area (Å²) in [7, 11) is 1.64. The van der Waals surface area contributed by atoms with Crippen molar-refractivity contribution in [2.75, 3.05) is 20.3 Å². The molecule has 2 rings (SSSR count). The molecular weight excluding hydrogens is 228 g/mol. The van der Waals surface area contributed by atoms with Crippen molar-refractivity contribution in [1.82, 2.24) is 0 Å². The van der Waals surface area contributed by atoms with Gasteiger partial charge in [-0.1, -0.05) is 12.1 Å². The fraction of sp³-hybridized carbons (Fsp3) is 0.200. The predicted molar refractivity (Wildman–Crippen MR) is 69.3 cm³/mol. The van der Waals surface area contributed by atoms with E-state index in [1.807, 2.05) is 48.5 Å². The molecule has 18 heavy (non-hydrogen) atoms. The molecule has 0 bridgehead atoms. The topological polar surface area (TPSA) is 27.7 Å². The summed E-state index contributed by atoms with van der Waals surface area (Å²) in [6.07, 6.45) is 0. The number of ether oxygens (including phenoxy) is 3. The van der Waals surface area contributed by atoms with Crippen LogP contribution in [0.1, 0.15) is 0 Å². The molecule has 0 aliphatic heterocycles. The van der Waals surface area contributed by atoms with Crippen LogP contribution in [0.25, 0.3) is 0 Å². The molecule has 3 heteroatoms. The van der Waals surface area contributed by atoms with E-state index in [4.69, 9.17) is 14.2 Å². The highest BCUT2D eigenvalue weighted by Gasteiger charge is 1.96. The zero-order valence-corrected chi connectivity index (χ0v) is 10.3. The first kappa shape index (κ1) is 12.3. The monoisotopic (exact) mass is 243 g/mol. The van der Waals surface area contributed by atoms with Gasteiger partial charge >= 0.3 is 0 Å². The highest BCUT2D eigenvalue weighted by molar-refractivity contribution is 5.31. The zero-order valence-electron chi connectivity index (χ0n) is 10.3. The SMILES string of the molecule is COc1ccc(OCCOc2cc[c]cc2)cc1. The lowest BCUT2D eigenvalue weighted by Gasteiger charge is -2.08. The van der Waals surface area contributed by atoms with Crippen molar-refractivity contribution in [1.29, 1.82) is 0 Å². The third-order valence-electron chi connectivity index (χ3n) is 2.37. The van der Waals surface area contributed by atoms with Gasteiger partial charge in [0.2, 0.25) is 0 Å². The van der Waals surface area contributed by atoms with Gasteiger partial charge in [0, 0.05) is 0 Å². The van der Waals surface area contributed by atoms with E-state index in [0.29, 0.717) is 13.2 Å². The van der Waals surface area contributed by atoms with Gasteiger partial charge in [-0.05, 0) is 42.5 Å². The molecule has 0 saturated carbocycles. The molecule has 0 heterocycles. The summed E-state index contributed by atoms with van der Waals surface area (Å²) in [6.45, 7) is 1.01. The Morgan fingerprint density at radius 3 is 1.83 bits per heavy atom. The molecule has 0 spiro atoms. The van der Waals surface area contributed by atoms with Gasteiger partial charge in [-0.25, -0.2) is 0 Å². The zero-order chi connectivity index (χ0) is 12.6. The van der Waals surface area contributed by atoms with Crippen LogP contribution < -0.4 is 14.2 Å². The third-order valence-corrected chi connectivity index (χ3v) is 2.37. The van der Waals surface area contributed by atoms with Gasteiger partial charge in [0.15, 0.2) is 0 Å². The Bertz CT molecular complexity index is 451. The minimum absolute atomic E-state index is 0.505. The Labute approximate surface area is 107 Å².